The predicted molar refractivity (Wildman–Crippen MR) is 82.0 cm³/mol. The van der Waals surface area contributed by atoms with Gasteiger partial charge < -0.3 is 11.1 Å². The number of halogens is 1. The number of nitrogens with two attached hydrogens (primary N) is 1. The molecular formula is C15H23BrN2. The maximum Gasteiger partial charge on any atom is 0.0521 e. The molecule has 0 saturated heterocycles. The van der Waals surface area contributed by atoms with Gasteiger partial charge in [0.2, 0.25) is 0 Å². The van der Waals surface area contributed by atoms with Crippen molar-refractivity contribution in [1.82, 2.24) is 0 Å². The van der Waals surface area contributed by atoms with Crippen molar-refractivity contribution >= 4 is 21.6 Å². The summed E-state index contributed by atoms with van der Waals surface area (Å²) in [6.07, 6.45) is 2.53. The van der Waals surface area contributed by atoms with Gasteiger partial charge >= 0.3 is 0 Å². The molecule has 2 nitrogen and oxygen atoms in total. The Morgan fingerprint density at radius 2 is 1.83 bits per heavy atom. The molecule has 1 fully saturated rings. The Kier molecular flexibility index (Phi) is 3.50. The average Bonchev–Trinajstić information content (AvgIpc) is 3.05. The highest BCUT2D eigenvalue weighted by Crippen LogP contribution is 2.54. The molecule has 0 bridgehead atoms. The molecule has 0 heterocycles. The molecule has 1 unspecified atom stereocenters. The van der Waals surface area contributed by atoms with Gasteiger partial charge in [0.15, 0.2) is 0 Å². The van der Waals surface area contributed by atoms with E-state index in [1.54, 1.807) is 0 Å². The van der Waals surface area contributed by atoms with E-state index in [0.717, 1.165) is 0 Å². The van der Waals surface area contributed by atoms with Crippen LogP contribution in [0.5, 0.6) is 0 Å². The van der Waals surface area contributed by atoms with Crippen molar-refractivity contribution in [3.8, 4) is 0 Å². The third-order valence-electron chi connectivity index (χ3n) is 4.60. The number of rotatable bonds is 4. The van der Waals surface area contributed by atoms with E-state index >= 15 is 0 Å². The third-order valence-corrected chi connectivity index (χ3v) is 5.85. The molecule has 1 aliphatic carbocycles. The van der Waals surface area contributed by atoms with Gasteiger partial charge in [-0.05, 0) is 62.3 Å². The minimum Gasteiger partial charge on any atom is -0.378 e. The number of hydrogen-bond acceptors (Lipinski definition) is 2. The zero-order valence-electron chi connectivity index (χ0n) is 11.7. The molecule has 1 atom stereocenters. The van der Waals surface area contributed by atoms with E-state index in [0.29, 0.717) is 12.0 Å². The second kappa shape index (κ2) is 4.53. The normalized spacial score (nSPS) is 20.3. The maximum atomic E-state index is 6.02. The van der Waals surface area contributed by atoms with Crippen molar-refractivity contribution < 1.29 is 0 Å². The summed E-state index contributed by atoms with van der Waals surface area (Å²) in [6, 6.07) is 4.38. The van der Waals surface area contributed by atoms with Crippen LogP contribution in [0.25, 0.3) is 0 Å². The fourth-order valence-electron chi connectivity index (χ4n) is 2.52. The van der Waals surface area contributed by atoms with Gasteiger partial charge in [-0.2, -0.15) is 0 Å². The summed E-state index contributed by atoms with van der Waals surface area (Å²) in [5, 5.41) is 3.67. The fourth-order valence-corrected chi connectivity index (χ4v) is 2.75. The Bertz CT molecular complexity index is 443. The molecule has 0 amide bonds. The molecule has 3 heteroatoms. The third kappa shape index (κ3) is 2.30. The average molecular weight is 311 g/mol. The maximum absolute atomic E-state index is 6.02. The van der Waals surface area contributed by atoms with Gasteiger partial charge in [-0.25, -0.2) is 0 Å². The molecule has 1 aromatic carbocycles. The van der Waals surface area contributed by atoms with E-state index in [2.05, 4.69) is 61.1 Å². The Balaban J connectivity index is 2.28. The molecular weight excluding hydrogens is 288 g/mol. The highest BCUT2D eigenvalue weighted by atomic mass is 79.9. The fraction of sp³-hybridized carbons (Fsp3) is 0.600. The zero-order chi connectivity index (χ0) is 13.6. The second-order valence-corrected chi connectivity index (χ2v) is 6.94. The van der Waals surface area contributed by atoms with Gasteiger partial charge in [0.05, 0.1) is 5.54 Å². The summed E-state index contributed by atoms with van der Waals surface area (Å²) in [6.45, 7) is 9.48. The van der Waals surface area contributed by atoms with Gasteiger partial charge in [-0.1, -0.05) is 22.9 Å². The molecule has 0 spiro atoms. The number of benzene rings is 1. The van der Waals surface area contributed by atoms with E-state index in [1.807, 2.05) is 0 Å². The van der Waals surface area contributed by atoms with Crippen LogP contribution in [0.4, 0.5) is 5.69 Å². The Labute approximate surface area is 118 Å². The van der Waals surface area contributed by atoms with Crippen LogP contribution < -0.4 is 11.1 Å². The van der Waals surface area contributed by atoms with Crippen LogP contribution in [-0.2, 0) is 0 Å². The lowest BCUT2D eigenvalue weighted by molar-refractivity contribution is 0.333. The van der Waals surface area contributed by atoms with Crippen LogP contribution in [0.2, 0.25) is 0 Å². The molecule has 0 aromatic heterocycles. The predicted octanol–water partition coefficient (Wildman–Crippen LogP) is 4.00. The van der Waals surface area contributed by atoms with E-state index in [-0.39, 0.29) is 5.54 Å². The molecule has 18 heavy (non-hydrogen) atoms. The Morgan fingerprint density at radius 3 is 2.22 bits per heavy atom. The van der Waals surface area contributed by atoms with Crippen molar-refractivity contribution in [1.29, 1.82) is 0 Å². The molecule has 0 aliphatic heterocycles. The van der Waals surface area contributed by atoms with Crippen LogP contribution in [-0.4, -0.2) is 12.1 Å². The van der Waals surface area contributed by atoms with Crippen molar-refractivity contribution in [2.75, 3.05) is 11.9 Å². The van der Waals surface area contributed by atoms with Crippen molar-refractivity contribution in [3.05, 3.63) is 27.7 Å². The summed E-state index contributed by atoms with van der Waals surface area (Å²) in [5.41, 5.74) is 10.0. The zero-order valence-corrected chi connectivity index (χ0v) is 13.3. The first-order valence-corrected chi connectivity index (χ1v) is 7.36. The van der Waals surface area contributed by atoms with E-state index in [4.69, 9.17) is 5.73 Å². The Hall–Kier alpha value is -0.540. The monoisotopic (exact) mass is 310 g/mol. The molecule has 3 N–H and O–H groups in total. The minimum absolute atomic E-state index is 0.0142. The summed E-state index contributed by atoms with van der Waals surface area (Å²) >= 11 is 3.61. The van der Waals surface area contributed by atoms with Crippen molar-refractivity contribution in [2.24, 2.45) is 11.1 Å². The van der Waals surface area contributed by atoms with E-state index in [9.17, 15) is 0 Å². The smallest absolute Gasteiger partial charge is 0.0521 e. The number of aryl methyl sites for hydroxylation is 2. The molecule has 1 aliphatic rings. The highest BCUT2D eigenvalue weighted by Gasteiger charge is 2.52. The molecule has 0 radical (unpaired) electrons. The van der Waals surface area contributed by atoms with Crippen LogP contribution >= 0.6 is 15.9 Å². The quantitative estimate of drug-likeness (QED) is 0.882. The van der Waals surface area contributed by atoms with E-state index in [1.165, 1.54) is 34.1 Å². The highest BCUT2D eigenvalue weighted by molar-refractivity contribution is 9.10. The Morgan fingerprint density at radius 1 is 1.33 bits per heavy atom. The first-order valence-electron chi connectivity index (χ1n) is 6.56. The summed E-state index contributed by atoms with van der Waals surface area (Å²) in [4.78, 5) is 0. The lowest BCUT2D eigenvalue weighted by Gasteiger charge is -2.37. The van der Waals surface area contributed by atoms with Gasteiger partial charge in [0.1, 0.15) is 0 Å². The van der Waals surface area contributed by atoms with Crippen molar-refractivity contribution in [2.45, 2.75) is 46.1 Å². The lowest BCUT2D eigenvalue weighted by atomic mass is 9.83. The standard InChI is InChI=1S/C15H23BrN2/c1-10-7-12(8-11(2)13(10)16)18-15(4,9-17)14(3)5-6-14/h7-8,18H,5-6,9,17H2,1-4H3. The van der Waals surface area contributed by atoms with Gasteiger partial charge in [0.25, 0.3) is 0 Å². The van der Waals surface area contributed by atoms with Crippen LogP contribution in [0.15, 0.2) is 16.6 Å². The van der Waals surface area contributed by atoms with Gasteiger partial charge in [-0.15, -0.1) is 0 Å². The number of nitrogens with one attached hydrogen (secondary N) is 1. The molecule has 1 aromatic rings. The SMILES string of the molecule is Cc1cc(NC(C)(CN)C2(C)CC2)cc(C)c1Br. The summed E-state index contributed by atoms with van der Waals surface area (Å²) in [5.74, 6) is 0. The van der Waals surface area contributed by atoms with E-state index < -0.39 is 0 Å². The number of hydrogen-bond donors (Lipinski definition) is 2. The molecule has 2 rings (SSSR count). The van der Waals surface area contributed by atoms with Crippen LogP contribution in [0.3, 0.4) is 0 Å². The summed E-state index contributed by atoms with van der Waals surface area (Å²) < 4.78 is 1.19. The van der Waals surface area contributed by atoms with Crippen LogP contribution in [0, 0.1) is 19.3 Å². The topological polar surface area (TPSA) is 38.0 Å². The first kappa shape index (κ1) is 13.9. The molecule has 1 saturated carbocycles. The number of anilines is 1. The lowest BCUT2D eigenvalue weighted by Crippen LogP contribution is -2.49. The van der Waals surface area contributed by atoms with Gasteiger partial charge in [-0.3, -0.25) is 0 Å². The van der Waals surface area contributed by atoms with Crippen LogP contribution in [0.1, 0.15) is 37.8 Å². The van der Waals surface area contributed by atoms with Gasteiger partial charge in [0, 0.05) is 16.7 Å². The summed E-state index contributed by atoms with van der Waals surface area (Å²) in [7, 11) is 0. The largest absolute Gasteiger partial charge is 0.378 e. The van der Waals surface area contributed by atoms with Crippen molar-refractivity contribution in [3.63, 3.8) is 0 Å². The first-order chi connectivity index (χ1) is 8.31. The minimum atomic E-state index is -0.0142. The second-order valence-electron chi connectivity index (χ2n) is 6.15. The molecule has 100 valence electrons.